The molecule has 0 aliphatic rings. The van der Waals surface area contributed by atoms with Crippen LogP contribution >= 0.6 is 0 Å². The molecule has 0 nitrogen and oxygen atoms in total. The van der Waals surface area contributed by atoms with E-state index in [1.165, 1.54) is 0 Å². The first-order valence-corrected chi connectivity index (χ1v) is 13.9. The summed E-state index contributed by atoms with van der Waals surface area (Å²) >= 11 is -1.67. The Morgan fingerprint density at radius 3 is 0.455 bits per heavy atom. The summed E-state index contributed by atoms with van der Waals surface area (Å²) in [6, 6.07) is 0. The molecule has 0 aromatic carbocycles. The second-order valence-electron chi connectivity index (χ2n) is 6.93. The third-order valence-corrected chi connectivity index (χ3v) is 0. The van der Waals surface area contributed by atoms with Crippen LogP contribution in [-0.4, -0.2) is 49.2 Å². The number of hydrogen-bond donors (Lipinski definition) is 0. The largest absolute Gasteiger partial charge is 2.00 e. The zero-order chi connectivity index (χ0) is 9.00. The molecule has 11 heavy (non-hydrogen) atoms. The van der Waals surface area contributed by atoms with Crippen molar-refractivity contribution in [1.29, 1.82) is 0 Å². The van der Waals surface area contributed by atoms with Crippen molar-refractivity contribution < 1.29 is 0 Å². The topological polar surface area (TPSA) is 0 Å². The minimum Gasteiger partial charge on any atom is -0.204 e. The summed E-state index contributed by atoms with van der Waals surface area (Å²) in [5.41, 5.74) is 0. The van der Waals surface area contributed by atoms with Crippen LogP contribution in [0.3, 0.4) is 0 Å². The van der Waals surface area contributed by atoms with Crippen LogP contribution in [0.5, 0.6) is 0 Å². The van der Waals surface area contributed by atoms with E-state index in [2.05, 4.69) is 46.3 Å². The fourth-order valence-electron chi connectivity index (χ4n) is 0. The molecule has 0 bridgehead atoms. The maximum atomic E-state index is 2.35. The minimum absolute atomic E-state index is 0. The SMILES string of the molecule is [CH3][Al-]([CH3])([CH3])[CH3].[CH3][Al-]([CH3])([CH3])[CH3].[Mg+2]. The van der Waals surface area contributed by atoms with Crippen LogP contribution in [0.4, 0.5) is 0 Å². The molecule has 0 N–H and O–H groups in total. The fourth-order valence-corrected chi connectivity index (χ4v) is 0. The average Bonchev–Trinajstić information content (AvgIpc) is 1.12. The Morgan fingerprint density at radius 1 is 0.455 bits per heavy atom. The zero-order valence-electron chi connectivity index (χ0n) is 9.86. The predicted molar refractivity (Wildman–Crippen MR) is 64.2 cm³/mol. The summed E-state index contributed by atoms with van der Waals surface area (Å²) < 4.78 is 0. The van der Waals surface area contributed by atoms with Gasteiger partial charge in [0.2, 0.25) is 0 Å². The van der Waals surface area contributed by atoms with Crippen LogP contribution in [0.25, 0.3) is 0 Å². The van der Waals surface area contributed by atoms with E-state index in [9.17, 15) is 0 Å². The van der Waals surface area contributed by atoms with Gasteiger partial charge in [-0.2, -0.15) is 0 Å². The summed E-state index contributed by atoms with van der Waals surface area (Å²) in [5.74, 6) is 18.8. The van der Waals surface area contributed by atoms with E-state index in [0.29, 0.717) is 0 Å². The molecular weight excluding hydrogens is 174 g/mol. The van der Waals surface area contributed by atoms with Crippen molar-refractivity contribution in [3.63, 3.8) is 0 Å². The monoisotopic (exact) mass is 198 g/mol. The normalized spacial score (nSPS) is 10.9. The Balaban J connectivity index is -0.000000107. The summed E-state index contributed by atoms with van der Waals surface area (Å²) in [7, 11) is 0. The number of rotatable bonds is 0. The van der Waals surface area contributed by atoms with E-state index in [0.717, 1.165) is 0 Å². The van der Waals surface area contributed by atoms with Gasteiger partial charge in [-0.15, -0.1) is 0 Å². The van der Waals surface area contributed by atoms with Gasteiger partial charge in [-0.3, -0.25) is 0 Å². The Hall–Kier alpha value is 1.83. The van der Waals surface area contributed by atoms with Crippen LogP contribution in [0.2, 0.25) is 46.3 Å². The molecule has 0 saturated heterocycles. The maximum absolute atomic E-state index is 2.35. The molecule has 0 heterocycles. The van der Waals surface area contributed by atoms with Gasteiger partial charge >= 0.3 is 23.1 Å². The van der Waals surface area contributed by atoms with Gasteiger partial charge in [0.05, 0.1) is 0 Å². The summed E-state index contributed by atoms with van der Waals surface area (Å²) in [5, 5.41) is 0. The van der Waals surface area contributed by atoms with Crippen LogP contribution in [-0.2, 0) is 0 Å². The molecule has 0 fully saturated rings. The Bertz CT molecular complexity index is 55.1. The van der Waals surface area contributed by atoms with Crippen molar-refractivity contribution in [2.75, 3.05) is 0 Å². The van der Waals surface area contributed by atoms with Gasteiger partial charge in [0.15, 0.2) is 0 Å². The molecule has 0 atom stereocenters. The van der Waals surface area contributed by atoms with Crippen LogP contribution < -0.4 is 0 Å². The first kappa shape index (κ1) is 18.6. The fraction of sp³-hybridized carbons (Fsp3) is 1.00. The van der Waals surface area contributed by atoms with E-state index < -0.39 is 26.2 Å². The third kappa shape index (κ3) is 341. The van der Waals surface area contributed by atoms with Crippen LogP contribution in [0.15, 0.2) is 0 Å². The van der Waals surface area contributed by atoms with Gasteiger partial charge in [-0.1, -0.05) is 0 Å². The van der Waals surface area contributed by atoms with Crippen LogP contribution in [0.1, 0.15) is 0 Å². The van der Waals surface area contributed by atoms with Gasteiger partial charge in [-0.25, -0.2) is 46.3 Å². The van der Waals surface area contributed by atoms with Gasteiger partial charge in [0.25, 0.3) is 0 Å². The van der Waals surface area contributed by atoms with E-state index in [1.807, 2.05) is 0 Å². The molecule has 0 radical (unpaired) electrons. The maximum Gasteiger partial charge on any atom is 2.00 e. The van der Waals surface area contributed by atoms with Gasteiger partial charge < -0.3 is 0 Å². The molecule has 0 unspecified atom stereocenters. The average molecular weight is 199 g/mol. The molecule has 0 spiro atoms. The van der Waals surface area contributed by atoms with E-state index >= 15 is 0 Å². The standard InChI is InChI=1S/8CH3.2Al.Mg/h8*1H3;;;/q;;;;;;;;2*-1;+2. The van der Waals surface area contributed by atoms with E-state index in [-0.39, 0.29) is 23.1 Å². The summed E-state index contributed by atoms with van der Waals surface area (Å²) in [6.07, 6.45) is 0. The first-order chi connectivity index (χ1) is 4.00. The van der Waals surface area contributed by atoms with Crippen molar-refractivity contribution in [2.24, 2.45) is 0 Å². The minimum atomic E-state index is -0.833. The molecule has 64 valence electrons. The smallest absolute Gasteiger partial charge is 0.204 e. The van der Waals surface area contributed by atoms with Crippen LogP contribution in [0, 0.1) is 0 Å². The molecule has 0 aromatic rings. The Kier molecular flexibility index (Phi) is 12.3. The molecule has 0 amide bonds. The van der Waals surface area contributed by atoms with Crippen molar-refractivity contribution in [1.82, 2.24) is 0 Å². The third-order valence-electron chi connectivity index (χ3n) is 0. The molecule has 3 heteroatoms. The van der Waals surface area contributed by atoms with E-state index in [4.69, 9.17) is 0 Å². The van der Waals surface area contributed by atoms with Gasteiger partial charge in [0, 0.05) is 0 Å². The summed E-state index contributed by atoms with van der Waals surface area (Å²) in [4.78, 5) is 0. The number of hydrogen-bond acceptors (Lipinski definition) is 0. The quantitative estimate of drug-likeness (QED) is 0.523. The van der Waals surface area contributed by atoms with Crippen molar-refractivity contribution in [2.45, 2.75) is 46.3 Å². The van der Waals surface area contributed by atoms with Gasteiger partial charge in [0.1, 0.15) is 26.2 Å². The van der Waals surface area contributed by atoms with Crippen molar-refractivity contribution in [3.8, 4) is 0 Å². The summed E-state index contributed by atoms with van der Waals surface area (Å²) in [6.45, 7) is 0. The second kappa shape index (κ2) is 7.26. The molecule has 0 aliphatic carbocycles. The Labute approximate surface area is 94.7 Å². The predicted octanol–water partition coefficient (Wildman–Crippen LogP) is 3.53. The molecule has 0 rings (SSSR count). The Morgan fingerprint density at radius 2 is 0.455 bits per heavy atom. The first-order valence-electron chi connectivity index (χ1n) is 4.62. The molecule has 0 saturated carbocycles. The zero-order valence-corrected chi connectivity index (χ0v) is 13.6. The molecule has 0 aromatic heterocycles. The van der Waals surface area contributed by atoms with Crippen molar-refractivity contribution >= 4 is 49.2 Å². The molecule has 0 aliphatic heterocycles. The van der Waals surface area contributed by atoms with Crippen molar-refractivity contribution in [3.05, 3.63) is 0 Å². The van der Waals surface area contributed by atoms with Gasteiger partial charge in [-0.05, 0) is 0 Å². The van der Waals surface area contributed by atoms with E-state index in [1.54, 1.807) is 0 Å². The molecular formula is C8H24Al2Mg. The second-order valence-corrected chi connectivity index (χ2v) is 20.8.